The Labute approximate surface area is 169 Å². The van der Waals surface area contributed by atoms with Crippen molar-refractivity contribution < 1.29 is 26.4 Å². The highest BCUT2D eigenvalue weighted by atomic mass is 32.2. The van der Waals surface area contributed by atoms with E-state index in [2.05, 4.69) is 4.90 Å². The molecule has 0 bridgehead atoms. The summed E-state index contributed by atoms with van der Waals surface area (Å²) >= 11 is 0. The zero-order chi connectivity index (χ0) is 21.1. The van der Waals surface area contributed by atoms with E-state index in [1.165, 1.54) is 12.1 Å². The summed E-state index contributed by atoms with van der Waals surface area (Å²) in [4.78, 5) is 16.2. The summed E-state index contributed by atoms with van der Waals surface area (Å²) < 4.78 is 62.9. The van der Waals surface area contributed by atoms with Crippen LogP contribution in [0.1, 0.15) is 43.2 Å². The summed E-state index contributed by atoms with van der Waals surface area (Å²) in [7, 11) is -3.40. The molecule has 0 unspecified atom stereocenters. The van der Waals surface area contributed by atoms with Crippen molar-refractivity contribution >= 4 is 15.7 Å². The molecule has 0 atom stereocenters. The lowest BCUT2D eigenvalue weighted by Gasteiger charge is -2.23. The van der Waals surface area contributed by atoms with Crippen LogP contribution in [0.2, 0.25) is 0 Å². The third kappa shape index (κ3) is 5.94. The van der Waals surface area contributed by atoms with Crippen LogP contribution in [0.3, 0.4) is 0 Å². The van der Waals surface area contributed by atoms with E-state index in [-0.39, 0.29) is 11.2 Å². The summed E-state index contributed by atoms with van der Waals surface area (Å²) in [6.07, 6.45) is -0.537. The first kappa shape index (κ1) is 22.1. The van der Waals surface area contributed by atoms with E-state index >= 15 is 0 Å². The fourth-order valence-electron chi connectivity index (χ4n) is 4.06. The number of carbonyl (C=O) groups excluding carboxylic acids is 1. The van der Waals surface area contributed by atoms with E-state index in [1.54, 1.807) is 4.90 Å². The lowest BCUT2D eigenvalue weighted by Crippen LogP contribution is -2.40. The molecule has 0 spiro atoms. The van der Waals surface area contributed by atoms with Crippen LogP contribution in [-0.2, 0) is 27.4 Å². The van der Waals surface area contributed by atoms with Crippen LogP contribution in [0.15, 0.2) is 24.3 Å². The molecule has 1 aliphatic carbocycles. The fraction of sp³-hybridized carbons (Fsp3) is 0.650. The van der Waals surface area contributed by atoms with Gasteiger partial charge in [0.25, 0.3) is 0 Å². The van der Waals surface area contributed by atoms with Crippen LogP contribution >= 0.6 is 0 Å². The van der Waals surface area contributed by atoms with E-state index < -0.39 is 27.3 Å². The Morgan fingerprint density at radius 1 is 0.966 bits per heavy atom. The maximum absolute atomic E-state index is 12.7. The van der Waals surface area contributed by atoms with Gasteiger partial charge in [-0.25, -0.2) is 8.42 Å². The molecular weight excluding hydrogens is 405 g/mol. The topological polar surface area (TPSA) is 57.7 Å². The van der Waals surface area contributed by atoms with Gasteiger partial charge in [0.15, 0.2) is 9.84 Å². The number of hydrogen-bond donors (Lipinski definition) is 0. The molecule has 9 heteroatoms. The van der Waals surface area contributed by atoms with Gasteiger partial charge >= 0.3 is 6.18 Å². The first-order chi connectivity index (χ1) is 13.6. The average Bonchev–Trinajstić information content (AvgIpc) is 3.10. The molecule has 1 aromatic carbocycles. The van der Waals surface area contributed by atoms with Crippen molar-refractivity contribution in [3.05, 3.63) is 35.4 Å². The van der Waals surface area contributed by atoms with Gasteiger partial charge in [0, 0.05) is 32.7 Å². The van der Waals surface area contributed by atoms with Crippen molar-refractivity contribution in [3.8, 4) is 0 Å². The number of hydrogen-bond acceptors (Lipinski definition) is 4. The lowest BCUT2D eigenvalue weighted by atomic mass is 10.1. The van der Waals surface area contributed by atoms with Crippen LogP contribution in [0.4, 0.5) is 13.2 Å². The molecule has 2 aliphatic rings. The molecule has 3 rings (SSSR count). The molecule has 1 aromatic rings. The Hall–Kier alpha value is -1.61. The van der Waals surface area contributed by atoms with Crippen molar-refractivity contribution in [2.45, 2.75) is 50.1 Å². The molecule has 0 N–H and O–H groups in total. The smallest absolute Gasteiger partial charge is 0.340 e. The molecule has 1 saturated carbocycles. The van der Waals surface area contributed by atoms with E-state index in [4.69, 9.17) is 0 Å². The van der Waals surface area contributed by atoms with Crippen LogP contribution in [0, 0.1) is 0 Å². The molecular formula is C20H27F3N2O3S. The minimum absolute atomic E-state index is 0.340. The number of amides is 1. The van der Waals surface area contributed by atoms with Gasteiger partial charge in [0.05, 0.1) is 10.8 Å². The number of carbonyl (C=O) groups is 1. The Balaban J connectivity index is 1.52. The van der Waals surface area contributed by atoms with Crippen LogP contribution < -0.4 is 0 Å². The molecule has 5 nitrogen and oxygen atoms in total. The third-order valence-electron chi connectivity index (χ3n) is 5.76. The molecule has 2 fully saturated rings. The molecule has 0 aromatic heterocycles. The lowest BCUT2D eigenvalue weighted by molar-refractivity contribution is -0.137. The zero-order valence-electron chi connectivity index (χ0n) is 16.3. The van der Waals surface area contributed by atoms with Gasteiger partial charge in [-0.15, -0.1) is 0 Å². The Morgan fingerprint density at radius 2 is 1.62 bits per heavy atom. The van der Waals surface area contributed by atoms with Gasteiger partial charge < -0.3 is 4.90 Å². The molecule has 162 valence electrons. The highest BCUT2D eigenvalue weighted by Crippen LogP contribution is 2.29. The number of halogens is 3. The van der Waals surface area contributed by atoms with Crippen LogP contribution in [-0.4, -0.2) is 61.3 Å². The Morgan fingerprint density at radius 3 is 2.24 bits per heavy atom. The third-order valence-corrected chi connectivity index (χ3v) is 7.90. The molecule has 1 amide bonds. The first-order valence-corrected chi connectivity index (χ1v) is 11.7. The summed E-state index contributed by atoms with van der Waals surface area (Å²) in [6.45, 7) is 2.71. The van der Waals surface area contributed by atoms with Gasteiger partial charge in [0.2, 0.25) is 5.91 Å². The van der Waals surface area contributed by atoms with Crippen LogP contribution in [0.25, 0.3) is 0 Å². The quantitative estimate of drug-likeness (QED) is 0.718. The average molecular weight is 433 g/mol. The van der Waals surface area contributed by atoms with Crippen molar-refractivity contribution in [3.63, 3.8) is 0 Å². The predicted molar refractivity (Wildman–Crippen MR) is 104 cm³/mol. The van der Waals surface area contributed by atoms with Crippen molar-refractivity contribution in [2.75, 3.05) is 31.9 Å². The number of benzene rings is 1. The maximum atomic E-state index is 12.7. The number of rotatable bonds is 5. The molecule has 1 heterocycles. The minimum Gasteiger partial charge on any atom is -0.340 e. The normalized spacial score (nSPS) is 20.0. The van der Waals surface area contributed by atoms with E-state index in [0.29, 0.717) is 52.0 Å². The molecule has 0 radical (unpaired) electrons. The second-order valence-corrected chi connectivity index (χ2v) is 10.2. The van der Waals surface area contributed by atoms with Crippen molar-refractivity contribution in [2.24, 2.45) is 0 Å². The SMILES string of the molecule is O=C(CS(=O)(=O)C1CCCC1)N1CCCN(Cc2ccc(C(F)(F)F)cc2)CC1. The highest BCUT2D eigenvalue weighted by Gasteiger charge is 2.33. The minimum atomic E-state index is -4.35. The molecule has 29 heavy (non-hydrogen) atoms. The second-order valence-electron chi connectivity index (χ2n) is 7.92. The molecule has 1 saturated heterocycles. The summed E-state index contributed by atoms with van der Waals surface area (Å²) in [5.74, 6) is -0.760. The second kappa shape index (κ2) is 9.04. The molecule has 1 aliphatic heterocycles. The van der Waals surface area contributed by atoms with Gasteiger partial charge in [-0.3, -0.25) is 9.69 Å². The highest BCUT2D eigenvalue weighted by molar-refractivity contribution is 7.92. The maximum Gasteiger partial charge on any atom is 0.416 e. The predicted octanol–water partition coefficient (Wildman–Crippen LogP) is 3.10. The van der Waals surface area contributed by atoms with Gasteiger partial charge in [-0.1, -0.05) is 25.0 Å². The summed E-state index contributed by atoms with van der Waals surface area (Å²) in [5.41, 5.74) is 0.110. The largest absolute Gasteiger partial charge is 0.416 e. The number of alkyl halides is 3. The monoisotopic (exact) mass is 432 g/mol. The fourth-order valence-corrected chi connectivity index (χ4v) is 5.88. The van der Waals surface area contributed by atoms with Crippen molar-refractivity contribution in [1.82, 2.24) is 9.80 Å². The number of sulfone groups is 1. The van der Waals surface area contributed by atoms with Crippen molar-refractivity contribution in [1.29, 1.82) is 0 Å². The summed E-state index contributed by atoms with van der Waals surface area (Å²) in [6, 6.07) is 5.11. The Bertz CT molecular complexity index is 803. The van der Waals surface area contributed by atoms with E-state index in [9.17, 15) is 26.4 Å². The summed E-state index contributed by atoms with van der Waals surface area (Å²) in [5, 5.41) is -0.380. The first-order valence-electron chi connectivity index (χ1n) is 10.0. The van der Waals surface area contributed by atoms with Crippen LogP contribution in [0.5, 0.6) is 0 Å². The van der Waals surface area contributed by atoms with E-state index in [0.717, 1.165) is 30.5 Å². The van der Waals surface area contributed by atoms with Gasteiger partial charge in [0.1, 0.15) is 5.75 Å². The van der Waals surface area contributed by atoms with E-state index in [1.807, 2.05) is 0 Å². The zero-order valence-corrected chi connectivity index (χ0v) is 17.1. The standard InChI is InChI=1S/C20H27F3N2O3S/c21-20(22,23)17-8-6-16(7-9-17)14-24-10-3-11-25(13-12-24)19(26)15-29(27,28)18-4-1-2-5-18/h6-9,18H,1-5,10-15H2. The van der Waals surface area contributed by atoms with Gasteiger partial charge in [-0.2, -0.15) is 13.2 Å². The Kier molecular flexibility index (Phi) is 6.88. The number of nitrogens with zero attached hydrogens (tertiary/aromatic N) is 2. The van der Waals surface area contributed by atoms with Gasteiger partial charge in [-0.05, 0) is 37.0 Å².